The number of hydrogen-bond donors (Lipinski definition) is 2. The Balaban J connectivity index is 1.94. The quantitative estimate of drug-likeness (QED) is 0.859. The van der Waals surface area contributed by atoms with Crippen molar-refractivity contribution in [3.05, 3.63) is 53.2 Å². The first-order valence-corrected chi connectivity index (χ1v) is 7.34. The summed E-state index contributed by atoms with van der Waals surface area (Å²) in [5, 5.41) is 6.41. The van der Waals surface area contributed by atoms with Crippen LogP contribution in [-0.4, -0.2) is 43.0 Å². The number of aromatic nitrogens is 1. The zero-order valence-electron chi connectivity index (χ0n) is 12.6. The summed E-state index contributed by atoms with van der Waals surface area (Å²) in [5.74, 6) is 0.217. The fourth-order valence-corrected chi connectivity index (χ4v) is 2.05. The van der Waals surface area contributed by atoms with E-state index in [1.54, 1.807) is 36.5 Å². The van der Waals surface area contributed by atoms with Gasteiger partial charge in [-0.3, -0.25) is 4.79 Å². The van der Waals surface area contributed by atoms with Crippen molar-refractivity contribution in [2.45, 2.75) is 0 Å². The van der Waals surface area contributed by atoms with Gasteiger partial charge in [0, 0.05) is 13.1 Å². The van der Waals surface area contributed by atoms with Gasteiger partial charge in [0.2, 0.25) is 0 Å². The lowest BCUT2D eigenvalue weighted by Gasteiger charge is -2.11. The van der Waals surface area contributed by atoms with E-state index < -0.39 is 0 Å². The molecule has 0 aliphatic heterocycles. The number of amides is 1. The molecular weight excluding hydrogens is 300 g/mol. The summed E-state index contributed by atoms with van der Waals surface area (Å²) in [6, 6.07) is 10.5. The fraction of sp³-hybridized carbons (Fsp3) is 0.250. The summed E-state index contributed by atoms with van der Waals surface area (Å²) in [6.07, 6.45) is 1.69. The van der Waals surface area contributed by atoms with Crippen LogP contribution in [0.1, 0.15) is 10.4 Å². The van der Waals surface area contributed by atoms with Crippen LogP contribution in [0.5, 0.6) is 0 Å². The van der Waals surface area contributed by atoms with Crippen LogP contribution in [0, 0.1) is 0 Å². The van der Waals surface area contributed by atoms with Gasteiger partial charge in [-0.25, -0.2) is 4.98 Å². The molecule has 0 unspecified atom stereocenters. The second-order valence-electron chi connectivity index (χ2n) is 5.10. The maximum absolute atomic E-state index is 12.1. The van der Waals surface area contributed by atoms with E-state index in [4.69, 9.17) is 11.6 Å². The van der Waals surface area contributed by atoms with Crippen molar-refractivity contribution in [3.63, 3.8) is 0 Å². The molecule has 5 nitrogen and oxygen atoms in total. The zero-order valence-corrected chi connectivity index (χ0v) is 13.4. The van der Waals surface area contributed by atoms with Crippen molar-refractivity contribution in [2.75, 3.05) is 37.8 Å². The van der Waals surface area contributed by atoms with Gasteiger partial charge in [-0.05, 0) is 38.4 Å². The minimum Gasteiger partial charge on any atom is -0.383 e. The van der Waals surface area contributed by atoms with Gasteiger partial charge in [-0.2, -0.15) is 0 Å². The Hall–Kier alpha value is -2.11. The average Bonchev–Trinajstić information content (AvgIpc) is 2.49. The number of nitrogens with zero attached hydrogens (tertiary/aromatic N) is 2. The lowest BCUT2D eigenvalue weighted by molar-refractivity contribution is 0.102. The molecule has 0 saturated heterocycles. The van der Waals surface area contributed by atoms with Crippen molar-refractivity contribution in [1.82, 2.24) is 9.88 Å². The smallest absolute Gasteiger partial charge is 0.258 e. The summed E-state index contributed by atoms with van der Waals surface area (Å²) in [7, 11) is 4.04. The van der Waals surface area contributed by atoms with Gasteiger partial charge in [0.25, 0.3) is 5.91 Å². The van der Waals surface area contributed by atoms with Gasteiger partial charge in [0.1, 0.15) is 5.82 Å². The van der Waals surface area contributed by atoms with E-state index >= 15 is 0 Å². The van der Waals surface area contributed by atoms with Crippen LogP contribution in [0.15, 0.2) is 42.6 Å². The van der Waals surface area contributed by atoms with E-state index in [-0.39, 0.29) is 5.91 Å². The Morgan fingerprint density at radius 2 is 2.00 bits per heavy atom. The molecule has 6 heteroatoms. The Kier molecular flexibility index (Phi) is 5.75. The highest BCUT2D eigenvalue weighted by Gasteiger charge is 2.10. The number of halogens is 1. The number of anilines is 2. The van der Waals surface area contributed by atoms with E-state index in [1.807, 2.05) is 20.2 Å². The number of pyridine rings is 1. The van der Waals surface area contributed by atoms with Crippen LogP contribution in [0.25, 0.3) is 0 Å². The van der Waals surface area contributed by atoms with Crippen molar-refractivity contribution < 1.29 is 4.79 Å². The zero-order chi connectivity index (χ0) is 15.9. The Bertz CT molecular complexity index is 628. The Morgan fingerprint density at radius 3 is 2.64 bits per heavy atom. The number of rotatable bonds is 6. The first-order chi connectivity index (χ1) is 10.6. The van der Waals surface area contributed by atoms with Gasteiger partial charge < -0.3 is 15.5 Å². The van der Waals surface area contributed by atoms with Gasteiger partial charge >= 0.3 is 0 Å². The summed E-state index contributed by atoms with van der Waals surface area (Å²) < 4.78 is 0. The number of benzene rings is 1. The third-order valence-corrected chi connectivity index (χ3v) is 3.34. The van der Waals surface area contributed by atoms with Crippen LogP contribution in [0.3, 0.4) is 0 Å². The minimum atomic E-state index is -0.272. The summed E-state index contributed by atoms with van der Waals surface area (Å²) >= 11 is 6.00. The molecular formula is C16H19ClN4O. The minimum absolute atomic E-state index is 0.272. The standard InChI is InChI=1S/C16H19ClN4O/c1-21(2)10-9-18-12-7-8-15(19-11-12)20-16(22)13-5-3-4-6-14(13)17/h3-8,11,18H,9-10H2,1-2H3,(H,19,20,22). The van der Waals surface area contributed by atoms with Crippen molar-refractivity contribution in [1.29, 1.82) is 0 Å². The molecule has 1 amide bonds. The number of hydrogen-bond acceptors (Lipinski definition) is 4. The predicted molar refractivity (Wildman–Crippen MR) is 90.7 cm³/mol. The topological polar surface area (TPSA) is 57.3 Å². The lowest BCUT2D eigenvalue weighted by Crippen LogP contribution is -2.20. The summed E-state index contributed by atoms with van der Waals surface area (Å²) in [6.45, 7) is 1.77. The third kappa shape index (κ3) is 4.72. The molecule has 1 aromatic carbocycles. The number of nitrogens with one attached hydrogen (secondary N) is 2. The second kappa shape index (κ2) is 7.77. The van der Waals surface area contributed by atoms with Crippen molar-refractivity contribution >= 4 is 29.0 Å². The Morgan fingerprint density at radius 1 is 1.23 bits per heavy atom. The van der Waals surface area contributed by atoms with Crippen LogP contribution < -0.4 is 10.6 Å². The van der Waals surface area contributed by atoms with Gasteiger partial charge in [0.15, 0.2) is 0 Å². The molecule has 116 valence electrons. The molecule has 2 aromatic rings. The van der Waals surface area contributed by atoms with Crippen LogP contribution in [0.2, 0.25) is 5.02 Å². The van der Waals surface area contributed by atoms with Crippen LogP contribution >= 0.6 is 11.6 Å². The van der Waals surface area contributed by atoms with Gasteiger partial charge in [-0.15, -0.1) is 0 Å². The molecule has 0 bridgehead atoms. The van der Waals surface area contributed by atoms with Crippen LogP contribution in [-0.2, 0) is 0 Å². The van der Waals surface area contributed by atoms with Gasteiger partial charge in [-0.1, -0.05) is 23.7 Å². The molecule has 0 aliphatic rings. The molecule has 0 saturated carbocycles. The van der Waals surface area contributed by atoms with Gasteiger partial charge in [0.05, 0.1) is 22.5 Å². The predicted octanol–water partition coefficient (Wildman–Crippen LogP) is 2.96. The summed E-state index contributed by atoms with van der Waals surface area (Å²) in [5.41, 5.74) is 1.34. The highest BCUT2D eigenvalue weighted by atomic mass is 35.5. The Labute approximate surface area is 135 Å². The highest BCUT2D eigenvalue weighted by molar-refractivity contribution is 6.34. The SMILES string of the molecule is CN(C)CCNc1ccc(NC(=O)c2ccccc2Cl)nc1. The van der Waals surface area contributed by atoms with Crippen LogP contribution in [0.4, 0.5) is 11.5 Å². The molecule has 1 aromatic heterocycles. The average molecular weight is 319 g/mol. The molecule has 2 rings (SSSR count). The molecule has 0 atom stereocenters. The van der Waals surface area contributed by atoms with Crippen molar-refractivity contribution in [2.24, 2.45) is 0 Å². The summed E-state index contributed by atoms with van der Waals surface area (Å²) in [4.78, 5) is 18.4. The first kappa shape index (κ1) is 16.3. The largest absolute Gasteiger partial charge is 0.383 e. The molecule has 0 aliphatic carbocycles. The normalized spacial score (nSPS) is 10.5. The number of carbonyl (C=O) groups excluding carboxylic acids is 1. The van der Waals surface area contributed by atoms with Crippen molar-refractivity contribution in [3.8, 4) is 0 Å². The fourth-order valence-electron chi connectivity index (χ4n) is 1.83. The maximum Gasteiger partial charge on any atom is 0.258 e. The molecule has 0 fully saturated rings. The van der Waals surface area contributed by atoms with E-state index in [1.165, 1.54) is 0 Å². The van der Waals surface area contributed by atoms with E-state index in [0.29, 0.717) is 16.4 Å². The monoisotopic (exact) mass is 318 g/mol. The molecule has 0 radical (unpaired) electrons. The van der Waals surface area contributed by atoms with E-state index in [0.717, 1.165) is 18.8 Å². The molecule has 0 spiro atoms. The van der Waals surface area contributed by atoms with E-state index in [2.05, 4.69) is 20.5 Å². The maximum atomic E-state index is 12.1. The molecule has 1 heterocycles. The second-order valence-corrected chi connectivity index (χ2v) is 5.50. The first-order valence-electron chi connectivity index (χ1n) is 6.97. The lowest BCUT2D eigenvalue weighted by atomic mass is 10.2. The highest BCUT2D eigenvalue weighted by Crippen LogP contribution is 2.17. The number of carbonyl (C=O) groups is 1. The molecule has 2 N–H and O–H groups in total. The molecule has 22 heavy (non-hydrogen) atoms. The third-order valence-electron chi connectivity index (χ3n) is 3.01. The number of likely N-dealkylation sites (N-methyl/N-ethyl adjacent to an activating group) is 1. The van der Waals surface area contributed by atoms with E-state index in [9.17, 15) is 4.79 Å².